The Bertz CT molecular complexity index is 836. The van der Waals surface area contributed by atoms with Crippen LogP contribution >= 0.6 is 23.2 Å². The predicted octanol–water partition coefficient (Wildman–Crippen LogP) is 6.49. The van der Waals surface area contributed by atoms with Crippen molar-refractivity contribution in [1.82, 2.24) is 0 Å². The molecule has 1 N–H and O–H groups in total. The highest BCUT2D eigenvalue weighted by atomic mass is 35.5. The van der Waals surface area contributed by atoms with Crippen molar-refractivity contribution in [2.24, 2.45) is 4.99 Å². The third kappa shape index (κ3) is 4.38. The number of aryl methyl sites for hydroxylation is 1. The molecule has 0 spiro atoms. The van der Waals surface area contributed by atoms with E-state index in [4.69, 9.17) is 28.2 Å². The Hall–Kier alpha value is -2.29. The molecule has 3 aromatic carbocycles. The monoisotopic (exact) mass is 354 g/mol. The topological polar surface area (TPSA) is 24.4 Å². The second kappa shape index (κ2) is 7.52. The van der Waals surface area contributed by atoms with Gasteiger partial charge in [-0.3, -0.25) is 0 Å². The second-order valence-electron chi connectivity index (χ2n) is 5.45. The molecule has 0 amide bonds. The largest absolute Gasteiger partial charge is 0.340 e. The van der Waals surface area contributed by atoms with Gasteiger partial charge in [-0.05, 0) is 37.3 Å². The summed E-state index contributed by atoms with van der Waals surface area (Å²) in [5, 5.41) is 4.47. The summed E-state index contributed by atoms with van der Waals surface area (Å²) >= 11 is 12.2. The van der Waals surface area contributed by atoms with Gasteiger partial charge in [0.15, 0.2) is 0 Å². The average molecular weight is 355 g/mol. The Kier molecular flexibility index (Phi) is 5.19. The van der Waals surface area contributed by atoms with E-state index in [-0.39, 0.29) is 0 Å². The summed E-state index contributed by atoms with van der Waals surface area (Å²) in [4.78, 5) is 4.74. The zero-order valence-electron chi connectivity index (χ0n) is 13.1. The van der Waals surface area contributed by atoms with Crippen LogP contribution in [0.2, 0.25) is 10.0 Å². The van der Waals surface area contributed by atoms with Gasteiger partial charge in [-0.15, -0.1) is 0 Å². The fourth-order valence-corrected chi connectivity index (χ4v) is 2.80. The molecule has 0 saturated heterocycles. The van der Waals surface area contributed by atoms with E-state index in [9.17, 15) is 0 Å². The number of amidine groups is 1. The van der Waals surface area contributed by atoms with Crippen molar-refractivity contribution >= 4 is 40.4 Å². The van der Waals surface area contributed by atoms with Crippen molar-refractivity contribution in [1.29, 1.82) is 0 Å². The molecule has 0 bridgehead atoms. The summed E-state index contributed by atoms with van der Waals surface area (Å²) in [5.74, 6) is 0.734. The van der Waals surface area contributed by atoms with E-state index < -0.39 is 0 Å². The van der Waals surface area contributed by atoms with Crippen LogP contribution in [0.25, 0.3) is 0 Å². The lowest BCUT2D eigenvalue weighted by atomic mass is 10.2. The molecule has 0 unspecified atom stereocenters. The highest BCUT2D eigenvalue weighted by Crippen LogP contribution is 2.24. The van der Waals surface area contributed by atoms with Crippen LogP contribution in [0.15, 0.2) is 77.8 Å². The summed E-state index contributed by atoms with van der Waals surface area (Å²) in [6.45, 7) is 2.05. The van der Waals surface area contributed by atoms with Gasteiger partial charge in [0.25, 0.3) is 0 Å². The van der Waals surface area contributed by atoms with Crippen LogP contribution in [-0.2, 0) is 0 Å². The third-order valence-corrected chi connectivity index (χ3v) is 3.88. The smallest absolute Gasteiger partial charge is 0.138 e. The summed E-state index contributed by atoms with van der Waals surface area (Å²) in [7, 11) is 0. The molecule has 0 saturated carbocycles. The number of rotatable bonds is 3. The number of benzene rings is 3. The maximum Gasteiger partial charge on any atom is 0.138 e. The fourth-order valence-electron chi connectivity index (χ4n) is 2.27. The molecule has 0 fully saturated rings. The lowest BCUT2D eigenvalue weighted by Crippen LogP contribution is -2.13. The highest BCUT2D eigenvalue weighted by molar-refractivity contribution is 6.35. The van der Waals surface area contributed by atoms with Crippen LogP contribution in [0, 0.1) is 6.92 Å². The summed E-state index contributed by atoms with van der Waals surface area (Å²) in [6.07, 6.45) is 0. The number of aliphatic imine (C=N–C) groups is 1. The Balaban J connectivity index is 2.00. The van der Waals surface area contributed by atoms with Gasteiger partial charge in [0, 0.05) is 21.3 Å². The number of halogens is 2. The molecule has 0 radical (unpaired) electrons. The van der Waals surface area contributed by atoms with Gasteiger partial charge < -0.3 is 5.32 Å². The molecule has 0 aromatic heterocycles. The van der Waals surface area contributed by atoms with Gasteiger partial charge in [0.05, 0.1) is 5.69 Å². The van der Waals surface area contributed by atoms with Crippen LogP contribution in [0.1, 0.15) is 11.1 Å². The predicted molar refractivity (Wildman–Crippen MR) is 104 cm³/mol. The van der Waals surface area contributed by atoms with Crippen molar-refractivity contribution in [2.75, 3.05) is 5.32 Å². The summed E-state index contributed by atoms with van der Waals surface area (Å²) < 4.78 is 0. The Labute approximate surface area is 151 Å². The van der Waals surface area contributed by atoms with E-state index in [1.807, 2.05) is 66.7 Å². The molecule has 2 nitrogen and oxygen atoms in total. The SMILES string of the molecule is Cc1ccc(N=C(Nc2cc(Cl)cc(Cl)c2)c2ccccc2)cc1. The van der Waals surface area contributed by atoms with E-state index in [0.717, 1.165) is 22.8 Å². The Morgan fingerprint density at radius 3 is 2.08 bits per heavy atom. The minimum atomic E-state index is 0.577. The molecule has 0 aliphatic heterocycles. The Morgan fingerprint density at radius 1 is 0.833 bits per heavy atom. The highest BCUT2D eigenvalue weighted by Gasteiger charge is 2.06. The molecule has 4 heteroatoms. The van der Waals surface area contributed by atoms with Crippen molar-refractivity contribution in [3.8, 4) is 0 Å². The molecule has 120 valence electrons. The van der Waals surface area contributed by atoms with E-state index >= 15 is 0 Å². The van der Waals surface area contributed by atoms with Crippen molar-refractivity contribution in [2.45, 2.75) is 6.92 Å². The van der Waals surface area contributed by atoms with Gasteiger partial charge >= 0.3 is 0 Å². The standard InChI is InChI=1S/C20H16Cl2N2/c1-14-7-9-18(10-8-14)23-20(15-5-3-2-4-6-15)24-19-12-16(21)11-17(22)13-19/h2-13H,1H3,(H,23,24). The molecule has 0 aliphatic carbocycles. The third-order valence-electron chi connectivity index (χ3n) is 3.45. The molecule has 0 heterocycles. The summed E-state index contributed by atoms with van der Waals surface area (Å²) in [6, 6.07) is 23.3. The molecular formula is C20H16Cl2N2. The lowest BCUT2D eigenvalue weighted by molar-refractivity contribution is 1.42. The van der Waals surface area contributed by atoms with E-state index in [1.165, 1.54) is 5.56 Å². The Morgan fingerprint density at radius 2 is 1.46 bits per heavy atom. The molecule has 24 heavy (non-hydrogen) atoms. The molecule has 3 rings (SSSR count). The number of nitrogens with one attached hydrogen (secondary N) is 1. The average Bonchev–Trinajstić information content (AvgIpc) is 2.56. The van der Waals surface area contributed by atoms with Gasteiger partial charge in [-0.1, -0.05) is 71.2 Å². The van der Waals surface area contributed by atoms with Crippen molar-refractivity contribution in [3.63, 3.8) is 0 Å². The molecule has 0 aliphatic rings. The lowest BCUT2D eigenvalue weighted by Gasteiger charge is -2.11. The first kappa shape index (κ1) is 16.6. The minimum absolute atomic E-state index is 0.577. The first-order chi connectivity index (χ1) is 11.6. The number of anilines is 1. The zero-order chi connectivity index (χ0) is 16.9. The van der Waals surface area contributed by atoms with Gasteiger partial charge in [0.2, 0.25) is 0 Å². The van der Waals surface area contributed by atoms with E-state index in [2.05, 4.69) is 12.2 Å². The first-order valence-electron chi connectivity index (χ1n) is 7.54. The molecule has 0 atom stereocenters. The first-order valence-corrected chi connectivity index (χ1v) is 8.30. The minimum Gasteiger partial charge on any atom is -0.340 e. The quantitative estimate of drug-likeness (QED) is 0.421. The maximum absolute atomic E-state index is 6.09. The van der Waals surface area contributed by atoms with E-state index in [1.54, 1.807) is 6.07 Å². The number of nitrogens with zero attached hydrogens (tertiary/aromatic N) is 1. The van der Waals surface area contributed by atoms with Crippen LogP contribution in [-0.4, -0.2) is 5.84 Å². The number of hydrogen-bond donors (Lipinski definition) is 1. The zero-order valence-corrected chi connectivity index (χ0v) is 14.6. The molecule has 3 aromatic rings. The van der Waals surface area contributed by atoms with Crippen LogP contribution < -0.4 is 5.32 Å². The molecular weight excluding hydrogens is 339 g/mol. The maximum atomic E-state index is 6.09. The fraction of sp³-hybridized carbons (Fsp3) is 0.0500. The van der Waals surface area contributed by atoms with E-state index in [0.29, 0.717) is 10.0 Å². The second-order valence-corrected chi connectivity index (χ2v) is 6.32. The van der Waals surface area contributed by atoms with Crippen LogP contribution in [0.4, 0.5) is 11.4 Å². The van der Waals surface area contributed by atoms with Gasteiger partial charge in [-0.25, -0.2) is 4.99 Å². The van der Waals surface area contributed by atoms with Crippen molar-refractivity contribution < 1.29 is 0 Å². The summed E-state index contributed by atoms with van der Waals surface area (Å²) in [5.41, 5.74) is 3.85. The van der Waals surface area contributed by atoms with Crippen LogP contribution in [0.3, 0.4) is 0 Å². The normalized spacial score (nSPS) is 11.4. The van der Waals surface area contributed by atoms with Crippen LogP contribution in [0.5, 0.6) is 0 Å². The van der Waals surface area contributed by atoms with Gasteiger partial charge in [0.1, 0.15) is 5.84 Å². The van der Waals surface area contributed by atoms with Crippen molar-refractivity contribution in [3.05, 3.63) is 94.0 Å². The number of hydrogen-bond acceptors (Lipinski definition) is 1. The van der Waals surface area contributed by atoms with Gasteiger partial charge in [-0.2, -0.15) is 0 Å².